The van der Waals surface area contributed by atoms with E-state index >= 15 is 0 Å². The minimum Gasteiger partial charge on any atom is -0.317 e. The fourth-order valence-corrected chi connectivity index (χ4v) is 2.68. The zero-order chi connectivity index (χ0) is 12.1. The van der Waals surface area contributed by atoms with Gasteiger partial charge in [-0.25, -0.2) is 0 Å². The Bertz CT molecular complexity index is 301. The van der Waals surface area contributed by atoms with Crippen LogP contribution in [-0.4, -0.2) is 47.4 Å². The fourth-order valence-electron chi connectivity index (χ4n) is 2.68. The highest BCUT2D eigenvalue weighted by Gasteiger charge is 2.22. The van der Waals surface area contributed by atoms with Crippen LogP contribution in [0.5, 0.6) is 0 Å². The van der Waals surface area contributed by atoms with Crippen LogP contribution in [-0.2, 0) is 6.54 Å². The Morgan fingerprint density at radius 1 is 1.35 bits per heavy atom. The predicted molar refractivity (Wildman–Crippen MR) is 70.0 cm³/mol. The zero-order valence-electron chi connectivity index (χ0n) is 11.0. The lowest BCUT2D eigenvalue weighted by Gasteiger charge is -2.34. The Morgan fingerprint density at radius 3 is 2.71 bits per heavy atom. The van der Waals surface area contributed by atoms with E-state index in [4.69, 9.17) is 0 Å². The number of rotatable bonds is 5. The van der Waals surface area contributed by atoms with E-state index in [1.54, 1.807) is 0 Å². The Kier molecular flexibility index (Phi) is 4.57. The van der Waals surface area contributed by atoms with Crippen LogP contribution < -0.4 is 5.32 Å². The van der Waals surface area contributed by atoms with Gasteiger partial charge in [0.2, 0.25) is 0 Å². The van der Waals surface area contributed by atoms with Gasteiger partial charge in [0.25, 0.3) is 0 Å². The molecule has 0 amide bonds. The van der Waals surface area contributed by atoms with E-state index in [0.29, 0.717) is 0 Å². The van der Waals surface area contributed by atoms with Crippen molar-refractivity contribution in [1.29, 1.82) is 0 Å². The first-order valence-corrected chi connectivity index (χ1v) is 6.64. The lowest BCUT2D eigenvalue weighted by Crippen LogP contribution is -2.40. The Balaban J connectivity index is 1.71. The number of nitrogens with one attached hydrogen (secondary N) is 1. The molecule has 0 saturated heterocycles. The van der Waals surface area contributed by atoms with Gasteiger partial charge in [0, 0.05) is 31.0 Å². The van der Waals surface area contributed by atoms with Gasteiger partial charge < -0.3 is 10.2 Å². The van der Waals surface area contributed by atoms with Crippen molar-refractivity contribution >= 4 is 0 Å². The van der Waals surface area contributed by atoms with Gasteiger partial charge in [-0.05, 0) is 45.8 Å². The molecule has 4 heteroatoms. The molecule has 17 heavy (non-hydrogen) atoms. The third kappa shape index (κ3) is 3.54. The lowest BCUT2D eigenvalue weighted by molar-refractivity contribution is 0.170. The first kappa shape index (κ1) is 12.6. The molecule has 0 spiro atoms. The minimum atomic E-state index is 0.741. The molecule has 0 atom stereocenters. The van der Waals surface area contributed by atoms with E-state index in [-0.39, 0.29) is 0 Å². The molecular weight excluding hydrogens is 212 g/mol. The Hall–Kier alpha value is -0.870. The van der Waals surface area contributed by atoms with Gasteiger partial charge in [-0.1, -0.05) is 0 Å². The Morgan fingerprint density at radius 2 is 2.12 bits per heavy atom. The van der Waals surface area contributed by atoms with Crippen molar-refractivity contribution in [2.24, 2.45) is 0 Å². The number of hydrogen-bond donors (Lipinski definition) is 1. The average Bonchev–Trinajstić information content (AvgIpc) is 2.89. The normalized spacial score (nSPS) is 25.4. The smallest absolute Gasteiger partial charge is 0.0536 e. The molecule has 0 aliphatic heterocycles. The number of likely N-dealkylation sites (N-methyl/N-ethyl adjacent to an activating group) is 1. The maximum Gasteiger partial charge on any atom is 0.0536 e. The second-order valence-corrected chi connectivity index (χ2v) is 5.04. The van der Waals surface area contributed by atoms with Gasteiger partial charge in [-0.2, -0.15) is 5.10 Å². The highest BCUT2D eigenvalue weighted by molar-refractivity contribution is 4.82. The molecule has 1 aromatic heterocycles. The summed E-state index contributed by atoms with van der Waals surface area (Å²) in [6, 6.07) is 3.49. The van der Waals surface area contributed by atoms with Crippen LogP contribution in [0.15, 0.2) is 18.5 Å². The van der Waals surface area contributed by atoms with Crippen LogP contribution in [0, 0.1) is 0 Å². The number of nitrogens with zero attached hydrogens (tertiary/aromatic N) is 3. The largest absolute Gasteiger partial charge is 0.317 e. The Labute approximate surface area is 104 Å². The van der Waals surface area contributed by atoms with Gasteiger partial charge in [0.15, 0.2) is 0 Å². The van der Waals surface area contributed by atoms with Gasteiger partial charge in [-0.15, -0.1) is 0 Å². The van der Waals surface area contributed by atoms with Gasteiger partial charge in [0.1, 0.15) is 0 Å². The van der Waals surface area contributed by atoms with E-state index in [1.807, 2.05) is 23.1 Å². The van der Waals surface area contributed by atoms with Crippen molar-refractivity contribution in [2.75, 3.05) is 20.6 Å². The van der Waals surface area contributed by atoms with Crippen molar-refractivity contribution in [1.82, 2.24) is 20.0 Å². The van der Waals surface area contributed by atoms with Gasteiger partial charge in [0.05, 0.1) is 6.54 Å². The maximum absolute atomic E-state index is 4.24. The molecule has 1 aromatic rings. The molecule has 1 heterocycles. The summed E-state index contributed by atoms with van der Waals surface area (Å²) in [5.74, 6) is 0. The summed E-state index contributed by atoms with van der Waals surface area (Å²) in [6.45, 7) is 2.09. The molecule has 2 rings (SSSR count). The summed E-state index contributed by atoms with van der Waals surface area (Å²) in [6.07, 6.45) is 9.15. The molecule has 0 aromatic carbocycles. The molecule has 0 unspecified atom stereocenters. The molecule has 1 aliphatic rings. The SMILES string of the molecule is CNC1CCC(N(C)CCn2cccn2)CC1. The number of aromatic nitrogens is 2. The summed E-state index contributed by atoms with van der Waals surface area (Å²) in [7, 11) is 4.32. The molecule has 4 nitrogen and oxygen atoms in total. The third-order valence-corrected chi connectivity index (χ3v) is 3.97. The molecule has 1 fully saturated rings. The quantitative estimate of drug-likeness (QED) is 0.837. The van der Waals surface area contributed by atoms with Crippen LogP contribution >= 0.6 is 0 Å². The van der Waals surface area contributed by atoms with E-state index < -0.39 is 0 Å². The van der Waals surface area contributed by atoms with Crippen molar-refractivity contribution in [2.45, 2.75) is 44.3 Å². The third-order valence-electron chi connectivity index (χ3n) is 3.97. The highest BCUT2D eigenvalue weighted by Crippen LogP contribution is 2.21. The summed E-state index contributed by atoms with van der Waals surface area (Å²) in [4.78, 5) is 2.49. The maximum atomic E-state index is 4.24. The minimum absolute atomic E-state index is 0.741. The first-order chi connectivity index (χ1) is 8.29. The van der Waals surface area contributed by atoms with Crippen molar-refractivity contribution in [3.63, 3.8) is 0 Å². The second-order valence-electron chi connectivity index (χ2n) is 5.04. The molecular formula is C13H24N4. The lowest BCUT2D eigenvalue weighted by atomic mass is 9.90. The van der Waals surface area contributed by atoms with Crippen molar-refractivity contribution < 1.29 is 0 Å². The topological polar surface area (TPSA) is 33.1 Å². The number of hydrogen-bond acceptors (Lipinski definition) is 3. The second kappa shape index (κ2) is 6.17. The molecule has 1 saturated carbocycles. The van der Waals surface area contributed by atoms with Crippen LogP contribution in [0.1, 0.15) is 25.7 Å². The molecule has 0 bridgehead atoms. The highest BCUT2D eigenvalue weighted by atomic mass is 15.3. The van der Waals surface area contributed by atoms with E-state index in [2.05, 4.69) is 29.4 Å². The van der Waals surface area contributed by atoms with Gasteiger partial charge in [-0.3, -0.25) is 4.68 Å². The van der Waals surface area contributed by atoms with Crippen LogP contribution in [0.4, 0.5) is 0 Å². The van der Waals surface area contributed by atoms with Crippen LogP contribution in [0.2, 0.25) is 0 Å². The van der Waals surface area contributed by atoms with Crippen molar-refractivity contribution in [3.05, 3.63) is 18.5 Å². The summed E-state index contributed by atoms with van der Waals surface area (Å²) in [5, 5.41) is 7.62. The summed E-state index contributed by atoms with van der Waals surface area (Å²) in [5.41, 5.74) is 0. The standard InChI is InChI=1S/C13H24N4/c1-14-12-4-6-13(7-5-12)16(2)10-11-17-9-3-8-15-17/h3,8-9,12-14H,4-7,10-11H2,1-2H3. The van der Waals surface area contributed by atoms with E-state index in [1.165, 1.54) is 25.7 Å². The first-order valence-electron chi connectivity index (χ1n) is 6.64. The molecule has 0 radical (unpaired) electrons. The summed E-state index contributed by atoms with van der Waals surface area (Å²) < 4.78 is 2.01. The molecule has 1 aliphatic carbocycles. The van der Waals surface area contributed by atoms with E-state index in [0.717, 1.165) is 25.2 Å². The fraction of sp³-hybridized carbons (Fsp3) is 0.769. The van der Waals surface area contributed by atoms with Gasteiger partial charge >= 0.3 is 0 Å². The molecule has 1 N–H and O–H groups in total. The molecule has 96 valence electrons. The predicted octanol–water partition coefficient (Wildman–Crippen LogP) is 1.35. The van der Waals surface area contributed by atoms with Crippen LogP contribution in [0.25, 0.3) is 0 Å². The van der Waals surface area contributed by atoms with Crippen molar-refractivity contribution in [3.8, 4) is 0 Å². The monoisotopic (exact) mass is 236 g/mol. The van der Waals surface area contributed by atoms with Crippen LogP contribution in [0.3, 0.4) is 0 Å². The zero-order valence-corrected chi connectivity index (χ0v) is 11.0. The van der Waals surface area contributed by atoms with E-state index in [9.17, 15) is 0 Å². The summed E-state index contributed by atoms with van der Waals surface area (Å²) >= 11 is 0. The average molecular weight is 236 g/mol.